The third-order valence-corrected chi connectivity index (χ3v) is 4.62. The predicted octanol–water partition coefficient (Wildman–Crippen LogP) is 4.61. The van der Waals surface area contributed by atoms with Crippen molar-refractivity contribution in [2.75, 3.05) is 0 Å². The average molecular weight is 258 g/mol. The summed E-state index contributed by atoms with van der Waals surface area (Å²) < 4.78 is 12.2. The third kappa shape index (κ3) is 1.49. The number of hydrogen-bond donors (Lipinski definition) is 0. The van der Waals surface area contributed by atoms with E-state index in [4.69, 9.17) is 9.47 Å². The van der Waals surface area contributed by atoms with Crippen molar-refractivity contribution in [2.24, 2.45) is 5.41 Å². The number of fused-ring (bicyclic) bond motifs is 2. The lowest BCUT2D eigenvalue weighted by Gasteiger charge is -2.33. The Labute approximate surface area is 115 Å². The molecule has 1 aliphatic heterocycles. The largest absolute Gasteiger partial charge is 0.452 e. The van der Waals surface area contributed by atoms with Gasteiger partial charge in [0, 0.05) is 24.8 Å². The molecule has 0 radical (unpaired) electrons. The lowest BCUT2D eigenvalue weighted by atomic mass is 9.73. The van der Waals surface area contributed by atoms with E-state index in [1.54, 1.807) is 0 Å². The van der Waals surface area contributed by atoms with Gasteiger partial charge < -0.3 is 9.47 Å². The highest BCUT2D eigenvalue weighted by Crippen LogP contribution is 2.55. The van der Waals surface area contributed by atoms with Crippen LogP contribution in [0.3, 0.4) is 0 Å². The summed E-state index contributed by atoms with van der Waals surface area (Å²) in [5.41, 5.74) is 6.49. The molecule has 19 heavy (non-hydrogen) atoms. The van der Waals surface area contributed by atoms with Gasteiger partial charge in [0.1, 0.15) is 0 Å². The molecule has 0 atom stereocenters. The molecule has 0 saturated heterocycles. The van der Waals surface area contributed by atoms with Gasteiger partial charge in [0.05, 0.1) is 0 Å². The second-order valence-electron chi connectivity index (χ2n) is 6.75. The number of allylic oxidation sites excluding steroid dienone is 5. The Morgan fingerprint density at radius 1 is 0.947 bits per heavy atom. The van der Waals surface area contributed by atoms with Crippen molar-refractivity contribution < 1.29 is 9.47 Å². The molecular weight excluding hydrogens is 236 g/mol. The molecular formula is C17H22O2. The zero-order valence-corrected chi connectivity index (χ0v) is 12.9. The summed E-state index contributed by atoms with van der Waals surface area (Å²) in [6.07, 6.45) is 2.23. The second-order valence-corrected chi connectivity index (χ2v) is 6.75. The maximum Gasteiger partial charge on any atom is 0.245 e. The Hall–Kier alpha value is -1.44. The fourth-order valence-corrected chi connectivity index (χ4v) is 3.14. The smallest absolute Gasteiger partial charge is 0.245 e. The van der Waals surface area contributed by atoms with Crippen molar-refractivity contribution in [3.63, 3.8) is 0 Å². The Bertz CT molecular complexity index is 607. The summed E-state index contributed by atoms with van der Waals surface area (Å²) in [4.78, 5) is 0. The van der Waals surface area contributed by atoms with Gasteiger partial charge in [0.25, 0.3) is 0 Å². The van der Waals surface area contributed by atoms with Crippen molar-refractivity contribution >= 4 is 0 Å². The van der Waals surface area contributed by atoms with E-state index in [-0.39, 0.29) is 5.41 Å². The summed E-state index contributed by atoms with van der Waals surface area (Å²) in [5, 5.41) is 0. The van der Waals surface area contributed by atoms with Crippen LogP contribution in [0.5, 0.6) is 0 Å². The highest BCUT2D eigenvalue weighted by Gasteiger charge is 2.48. The molecule has 3 aliphatic rings. The molecule has 0 unspecified atom stereocenters. The molecule has 0 aromatic rings. The molecule has 2 aliphatic carbocycles. The van der Waals surface area contributed by atoms with Crippen LogP contribution in [0.25, 0.3) is 0 Å². The molecule has 0 spiro atoms. The van der Waals surface area contributed by atoms with E-state index in [0.29, 0.717) is 0 Å². The molecule has 102 valence electrons. The lowest BCUT2D eigenvalue weighted by molar-refractivity contribution is -0.127. The van der Waals surface area contributed by atoms with Gasteiger partial charge in [-0.15, -0.1) is 0 Å². The number of hydrogen-bond acceptors (Lipinski definition) is 2. The summed E-state index contributed by atoms with van der Waals surface area (Å²) in [6.45, 7) is 14.9. The molecule has 1 heterocycles. The van der Waals surface area contributed by atoms with Gasteiger partial charge in [-0.25, -0.2) is 0 Å². The number of rotatable bonds is 0. The monoisotopic (exact) mass is 258 g/mol. The Morgan fingerprint density at radius 2 is 1.58 bits per heavy atom. The second kappa shape index (κ2) is 3.36. The fraction of sp³-hybridized carbons (Fsp3) is 0.529. The molecule has 2 heteroatoms. The van der Waals surface area contributed by atoms with Crippen LogP contribution in [0.15, 0.2) is 45.5 Å². The van der Waals surface area contributed by atoms with E-state index in [1.807, 2.05) is 13.8 Å². The van der Waals surface area contributed by atoms with Crippen LogP contribution in [0.4, 0.5) is 0 Å². The normalized spacial score (nSPS) is 27.0. The third-order valence-electron chi connectivity index (χ3n) is 4.62. The predicted molar refractivity (Wildman–Crippen MR) is 76.2 cm³/mol. The van der Waals surface area contributed by atoms with Crippen molar-refractivity contribution in [2.45, 2.75) is 54.3 Å². The van der Waals surface area contributed by atoms with Gasteiger partial charge in [0.2, 0.25) is 5.79 Å². The highest BCUT2D eigenvalue weighted by atomic mass is 16.7. The minimum atomic E-state index is -0.567. The Morgan fingerprint density at radius 3 is 2.21 bits per heavy atom. The molecule has 3 rings (SSSR count). The van der Waals surface area contributed by atoms with E-state index < -0.39 is 5.79 Å². The maximum absolute atomic E-state index is 6.08. The van der Waals surface area contributed by atoms with Crippen LogP contribution >= 0.6 is 0 Å². The first-order valence-corrected chi connectivity index (χ1v) is 6.89. The van der Waals surface area contributed by atoms with Crippen molar-refractivity contribution in [1.82, 2.24) is 0 Å². The van der Waals surface area contributed by atoms with Crippen LogP contribution in [0.1, 0.15) is 48.5 Å². The minimum absolute atomic E-state index is 0.109. The topological polar surface area (TPSA) is 18.5 Å². The van der Waals surface area contributed by atoms with E-state index >= 15 is 0 Å². The molecule has 0 aromatic heterocycles. The van der Waals surface area contributed by atoms with Crippen molar-refractivity contribution in [3.05, 3.63) is 45.5 Å². The number of ether oxygens (including phenoxy) is 2. The fourth-order valence-electron chi connectivity index (χ4n) is 3.14. The lowest BCUT2D eigenvalue weighted by Crippen LogP contribution is -2.26. The van der Waals surface area contributed by atoms with Gasteiger partial charge in [0.15, 0.2) is 11.5 Å². The zero-order chi connectivity index (χ0) is 14.2. The molecule has 0 saturated carbocycles. The van der Waals surface area contributed by atoms with Crippen molar-refractivity contribution in [3.8, 4) is 0 Å². The molecule has 0 fully saturated rings. The molecule has 2 nitrogen and oxygen atoms in total. The van der Waals surface area contributed by atoms with Crippen LogP contribution in [-0.4, -0.2) is 5.79 Å². The highest BCUT2D eigenvalue weighted by molar-refractivity contribution is 5.69. The summed E-state index contributed by atoms with van der Waals surface area (Å²) in [7, 11) is 0. The maximum atomic E-state index is 6.08. The van der Waals surface area contributed by atoms with Gasteiger partial charge in [-0.1, -0.05) is 5.57 Å². The molecule has 0 bridgehead atoms. The van der Waals surface area contributed by atoms with Gasteiger partial charge in [-0.2, -0.15) is 0 Å². The first-order valence-electron chi connectivity index (χ1n) is 6.89. The van der Waals surface area contributed by atoms with Crippen LogP contribution in [-0.2, 0) is 9.47 Å². The standard InChI is InChI=1S/C17H22O2/c1-9-8-12-13(10(9)2)11(3)16(4,5)15-14(12)18-17(6,7)19-15/h8H,1-7H3. The first kappa shape index (κ1) is 12.6. The van der Waals surface area contributed by atoms with Gasteiger partial charge >= 0.3 is 0 Å². The molecule has 0 N–H and O–H groups in total. The summed E-state index contributed by atoms with van der Waals surface area (Å²) >= 11 is 0. The van der Waals surface area contributed by atoms with Crippen LogP contribution in [0.2, 0.25) is 0 Å². The van der Waals surface area contributed by atoms with Gasteiger partial charge in [-0.05, 0) is 57.4 Å². The first-order chi connectivity index (χ1) is 8.65. The van der Waals surface area contributed by atoms with E-state index in [9.17, 15) is 0 Å². The van der Waals surface area contributed by atoms with E-state index in [1.165, 1.54) is 27.9 Å². The van der Waals surface area contributed by atoms with Crippen LogP contribution < -0.4 is 0 Å². The van der Waals surface area contributed by atoms with Gasteiger partial charge in [-0.3, -0.25) is 0 Å². The SMILES string of the molecule is CC1=C(C)C2=C(C)C(C)(C)C3=C(OC(C)(C)O3)C2=C1. The van der Waals surface area contributed by atoms with Crippen LogP contribution in [0, 0.1) is 5.41 Å². The molecule has 0 amide bonds. The van der Waals surface area contributed by atoms with E-state index in [0.717, 1.165) is 11.5 Å². The summed E-state index contributed by atoms with van der Waals surface area (Å²) in [6, 6.07) is 0. The Kier molecular flexibility index (Phi) is 2.22. The van der Waals surface area contributed by atoms with E-state index in [2.05, 4.69) is 40.7 Å². The zero-order valence-electron chi connectivity index (χ0n) is 12.9. The summed E-state index contributed by atoms with van der Waals surface area (Å²) in [5.74, 6) is 1.35. The average Bonchev–Trinajstić information content (AvgIpc) is 2.76. The quantitative estimate of drug-likeness (QED) is 0.631. The minimum Gasteiger partial charge on any atom is -0.452 e. The van der Waals surface area contributed by atoms with Crippen molar-refractivity contribution in [1.29, 1.82) is 0 Å². The Balaban J connectivity index is 2.23. The molecule has 0 aromatic carbocycles.